The predicted molar refractivity (Wildman–Crippen MR) is 64.2 cm³/mol. The number of ether oxygens (including phenoxy) is 1. The van der Waals surface area contributed by atoms with Crippen molar-refractivity contribution < 1.29 is 14.3 Å². The van der Waals surface area contributed by atoms with Gasteiger partial charge in [-0.2, -0.15) is 0 Å². The maximum Gasteiger partial charge on any atom is 0.414 e. The summed E-state index contributed by atoms with van der Waals surface area (Å²) in [5, 5.41) is 2.10. The molecule has 0 aliphatic heterocycles. The lowest BCUT2D eigenvalue weighted by molar-refractivity contribution is -0.117. The number of amides is 2. The Kier molecular flexibility index (Phi) is 4.94. The number of alkyl carbamates (subject to hydrolysis) is 1. The van der Waals surface area contributed by atoms with E-state index in [0.29, 0.717) is 12.0 Å². The molecule has 0 bridgehead atoms. The molecule has 1 aromatic rings. The highest BCUT2D eigenvalue weighted by Crippen LogP contribution is 2.01. The molecule has 0 aliphatic rings. The van der Waals surface area contributed by atoms with Gasteiger partial charge in [-0.25, -0.2) is 4.79 Å². The summed E-state index contributed by atoms with van der Waals surface area (Å²) >= 11 is 0. The lowest BCUT2D eigenvalue weighted by atomic mass is 10.2. The van der Waals surface area contributed by atoms with E-state index in [1.807, 2.05) is 30.3 Å². The fourth-order valence-electron chi connectivity index (χ4n) is 1.10. The van der Waals surface area contributed by atoms with Gasteiger partial charge in [-0.3, -0.25) is 10.1 Å². The Bertz CT molecular complexity index is 412. The lowest BCUT2D eigenvalue weighted by Gasteiger charge is -2.06. The zero-order chi connectivity index (χ0) is 12.7. The molecule has 1 rings (SSSR count). The van der Waals surface area contributed by atoms with Gasteiger partial charge < -0.3 is 4.74 Å². The Hall–Kier alpha value is -2.10. The molecule has 0 saturated carbocycles. The average molecular weight is 233 g/mol. The van der Waals surface area contributed by atoms with Crippen molar-refractivity contribution >= 4 is 12.0 Å². The first-order valence-corrected chi connectivity index (χ1v) is 5.33. The Morgan fingerprint density at radius 3 is 2.53 bits per heavy atom. The summed E-state index contributed by atoms with van der Waals surface area (Å²) in [5.41, 5.74) is 1.21. The van der Waals surface area contributed by atoms with Gasteiger partial charge in [0.1, 0.15) is 6.61 Å². The Balaban J connectivity index is 2.36. The van der Waals surface area contributed by atoms with Gasteiger partial charge in [-0.05, 0) is 12.0 Å². The van der Waals surface area contributed by atoms with Crippen molar-refractivity contribution in [2.75, 3.05) is 0 Å². The molecule has 0 unspecified atom stereocenters. The minimum Gasteiger partial charge on any atom is -0.444 e. The molecule has 0 fully saturated rings. The van der Waals surface area contributed by atoms with Crippen LogP contribution in [0.2, 0.25) is 0 Å². The van der Waals surface area contributed by atoms with Crippen molar-refractivity contribution in [3.8, 4) is 0 Å². The molecule has 4 heteroatoms. The summed E-state index contributed by atoms with van der Waals surface area (Å²) in [4.78, 5) is 22.5. The second-order valence-electron chi connectivity index (χ2n) is 3.47. The van der Waals surface area contributed by atoms with E-state index in [9.17, 15) is 9.59 Å². The summed E-state index contributed by atoms with van der Waals surface area (Å²) in [6.07, 6.45) is -0.258. The van der Waals surface area contributed by atoms with E-state index in [-0.39, 0.29) is 6.61 Å². The quantitative estimate of drug-likeness (QED) is 0.812. The van der Waals surface area contributed by atoms with Gasteiger partial charge in [0.15, 0.2) is 0 Å². The smallest absolute Gasteiger partial charge is 0.414 e. The molecular formula is C13H15NO3. The summed E-state index contributed by atoms with van der Waals surface area (Å²) in [7, 11) is 0. The third-order valence-electron chi connectivity index (χ3n) is 2.18. The topological polar surface area (TPSA) is 55.4 Å². The molecule has 0 atom stereocenters. The number of benzene rings is 1. The van der Waals surface area contributed by atoms with Crippen molar-refractivity contribution in [2.45, 2.75) is 20.0 Å². The number of carbonyl (C=O) groups excluding carboxylic acids is 2. The number of nitrogens with one attached hydrogen (secondary N) is 1. The van der Waals surface area contributed by atoms with Crippen LogP contribution in [-0.4, -0.2) is 12.0 Å². The molecule has 0 spiro atoms. The monoisotopic (exact) mass is 233 g/mol. The summed E-state index contributed by atoms with van der Waals surface area (Å²) in [5.74, 6) is -0.495. The van der Waals surface area contributed by atoms with Crippen molar-refractivity contribution in [3.05, 3.63) is 48.0 Å². The second-order valence-corrected chi connectivity index (χ2v) is 3.47. The molecule has 90 valence electrons. The number of hydrogen-bond acceptors (Lipinski definition) is 3. The Labute approximate surface area is 100 Å². The van der Waals surface area contributed by atoms with Crippen LogP contribution < -0.4 is 5.32 Å². The van der Waals surface area contributed by atoms with Crippen molar-refractivity contribution in [1.82, 2.24) is 5.32 Å². The lowest BCUT2D eigenvalue weighted by Crippen LogP contribution is -2.31. The summed E-state index contributed by atoms with van der Waals surface area (Å²) < 4.78 is 4.88. The van der Waals surface area contributed by atoms with Crippen LogP contribution in [0.3, 0.4) is 0 Å². The fourth-order valence-corrected chi connectivity index (χ4v) is 1.10. The summed E-state index contributed by atoms with van der Waals surface area (Å²) in [6.45, 7) is 5.45. The van der Waals surface area contributed by atoms with Crippen LogP contribution in [0.5, 0.6) is 0 Å². The van der Waals surface area contributed by atoms with Crippen LogP contribution in [0.25, 0.3) is 0 Å². The molecule has 0 radical (unpaired) electrons. The average Bonchev–Trinajstić information content (AvgIpc) is 2.36. The molecule has 4 nitrogen and oxygen atoms in total. The molecule has 1 aromatic carbocycles. The molecule has 0 aromatic heterocycles. The van der Waals surface area contributed by atoms with Gasteiger partial charge in [0.05, 0.1) is 0 Å². The molecule has 0 aliphatic carbocycles. The van der Waals surface area contributed by atoms with E-state index in [4.69, 9.17) is 4.74 Å². The van der Waals surface area contributed by atoms with E-state index in [2.05, 4.69) is 11.9 Å². The van der Waals surface area contributed by atoms with Crippen molar-refractivity contribution in [2.24, 2.45) is 0 Å². The largest absolute Gasteiger partial charge is 0.444 e. The molecule has 2 amide bonds. The highest BCUT2D eigenvalue weighted by Gasteiger charge is 2.10. The van der Waals surface area contributed by atoms with E-state index in [1.165, 1.54) is 0 Å². The number of rotatable bonds is 4. The van der Waals surface area contributed by atoms with E-state index >= 15 is 0 Å². The Morgan fingerprint density at radius 2 is 1.94 bits per heavy atom. The van der Waals surface area contributed by atoms with Crippen LogP contribution in [0, 0.1) is 0 Å². The predicted octanol–water partition coefficient (Wildman–Crippen LogP) is 2.41. The van der Waals surface area contributed by atoms with Crippen LogP contribution in [0.1, 0.15) is 18.9 Å². The Morgan fingerprint density at radius 1 is 1.29 bits per heavy atom. The fraction of sp³-hybridized carbons (Fsp3) is 0.231. The highest BCUT2D eigenvalue weighted by molar-refractivity contribution is 6.01. The van der Waals surface area contributed by atoms with Crippen LogP contribution in [0.4, 0.5) is 4.79 Å². The van der Waals surface area contributed by atoms with Crippen LogP contribution >= 0.6 is 0 Å². The van der Waals surface area contributed by atoms with Gasteiger partial charge in [-0.1, -0.05) is 43.8 Å². The van der Waals surface area contributed by atoms with Gasteiger partial charge >= 0.3 is 6.09 Å². The normalized spacial score (nSPS) is 9.47. The van der Waals surface area contributed by atoms with Gasteiger partial charge in [0.25, 0.3) is 5.91 Å². The minimum atomic E-state index is -0.756. The minimum absolute atomic E-state index is 0.137. The van der Waals surface area contributed by atoms with Crippen molar-refractivity contribution in [3.63, 3.8) is 0 Å². The van der Waals surface area contributed by atoms with Crippen LogP contribution in [0.15, 0.2) is 42.5 Å². The maximum atomic E-state index is 11.3. The van der Waals surface area contributed by atoms with E-state index in [0.717, 1.165) is 5.56 Å². The van der Waals surface area contributed by atoms with E-state index < -0.39 is 12.0 Å². The third kappa shape index (κ3) is 4.51. The zero-order valence-electron chi connectivity index (χ0n) is 9.73. The maximum absolute atomic E-state index is 11.3. The zero-order valence-corrected chi connectivity index (χ0v) is 9.73. The standard InChI is InChI=1S/C13H15NO3/c1-3-10(2)12(15)14-13(16)17-9-11-7-5-4-6-8-11/h4-8H,2-3,9H2,1H3,(H,14,15,16). The number of imide groups is 1. The molecule has 0 saturated heterocycles. The summed E-state index contributed by atoms with van der Waals surface area (Å²) in [6, 6.07) is 9.24. The van der Waals surface area contributed by atoms with Gasteiger partial charge in [0.2, 0.25) is 0 Å². The van der Waals surface area contributed by atoms with Crippen molar-refractivity contribution in [1.29, 1.82) is 0 Å². The van der Waals surface area contributed by atoms with Gasteiger partial charge in [-0.15, -0.1) is 0 Å². The second kappa shape index (κ2) is 6.48. The highest BCUT2D eigenvalue weighted by atomic mass is 16.5. The number of carbonyl (C=O) groups is 2. The first kappa shape index (κ1) is 13.0. The van der Waals surface area contributed by atoms with E-state index in [1.54, 1.807) is 6.92 Å². The molecule has 0 heterocycles. The molecular weight excluding hydrogens is 218 g/mol. The first-order valence-electron chi connectivity index (χ1n) is 5.33. The SMILES string of the molecule is C=C(CC)C(=O)NC(=O)OCc1ccccc1. The first-order chi connectivity index (χ1) is 8.13. The van der Waals surface area contributed by atoms with Gasteiger partial charge in [0, 0.05) is 5.57 Å². The third-order valence-corrected chi connectivity index (χ3v) is 2.18. The molecule has 17 heavy (non-hydrogen) atoms. The number of hydrogen-bond donors (Lipinski definition) is 1. The molecule has 1 N–H and O–H groups in total. The van der Waals surface area contributed by atoms with Crippen LogP contribution in [-0.2, 0) is 16.1 Å².